The first kappa shape index (κ1) is 36.1. The van der Waals surface area contributed by atoms with Crippen LogP contribution in [-0.4, -0.2) is 22.6 Å². The van der Waals surface area contributed by atoms with E-state index in [1.165, 1.54) is 94.8 Å². The number of rotatable bonds is 11. The molecular weight excluding hydrogens is 643 g/mol. The summed E-state index contributed by atoms with van der Waals surface area (Å²) in [6.45, 7) is 17.5. The maximum Gasteiger partial charge on any atom is 0.168 e. The summed E-state index contributed by atoms with van der Waals surface area (Å²) in [6, 6.07) is 26.0. The van der Waals surface area contributed by atoms with Gasteiger partial charge in [0.15, 0.2) is 6.20 Å². The average molecular weight is 698 g/mol. The Bertz CT molecular complexity index is 2120. The van der Waals surface area contributed by atoms with Crippen LogP contribution in [0, 0.1) is 49.4 Å². The predicted molar refractivity (Wildman–Crippen MR) is 220 cm³/mol. The molecule has 3 nitrogen and oxygen atoms in total. The summed E-state index contributed by atoms with van der Waals surface area (Å²) in [5, 5.41) is 1.17. The van der Waals surface area contributed by atoms with E-state index < -0.39 is 0 Å². The van der Waals surface area contributed by atoms with Crippen LogP contribution in [0.15, 0.2) is 145 Å². The van der Waals surface area contributed by atoms with E-state index in [9.17, 15) is 0 Å². The summed E-state index contributed by atoms with van der Waals surface area (Å²) in [4.78, 5) is 0. The van der Waals surface area contributed by atoms with Crippen molar-refractivity contribution in [1.82, 2.24) is 0 Å². The maximum atomic E-state index is 4.39. The van der Waals surface area contributed by atoms with Gasteiger partial charge in [-0.05, 0) is 116 Å². The number of nitrogens with zero attached hydrogens (tertiary/aromatic N) is 3. The van der Waals surface area contributed by atoms with Gasteiger partial charge in [-0.1, -0.05) is 79.6 Å². The molecule has 3 aromatic rings. The zero-order valence-corrected chi connectivity index (χ0v) is 31.8. The Morgan fingerprint density at radius 1 is 0.642 bits per heavy atom. The van der Waals surface area contributed by atoms with Gasteiger partial charge >= 0.3 is 0 Å². The second-order valence-corrected chi connectivity index (χ2v) is 15.6. The minimum atomic E-state index is 0.729. The Hall–Kier alpha value is -5.28. The largest absolute Gasteiger partial charge is 0.255 e. The van der Waals surface area contributed by atoms with Crippen LogP contribution in [0.4, 0.5) is 0 Å². The van der Waals surface area contributed by atoms with Crippen molar-refractivity contribution in [3.8, 4) is 0 Å². The molecule has 7 rings (SSSR count). The molecule has 2 aromatic carbocycles. The second kappa shape index (κ2) is 16.6. The molecule has 2 aliphatic heterocycles. The highest BCUT2D eigenvalue weighted by molar-refractivity contribution is 5.72. The van der Waals surface area contributed by atoms with E-state index >= 15 is 0 Å². The lowest BCUT2D eigenvalue weighted by molar-refractivity contribution is -0.514. The molecule has 0 spiro atoms. The second-order valence-electron chi connectivity index (χ2n) is 15.6. The molecule has 1 aromatic heterocycles. The lowest BCUT2D eigenvalue weighted by Crippen LogP contribution is -2.38. The SMILES string of the molecule is C=[N+]1C=C(CC[C@H]2C[C@@H](CCC3=C[N+](=C)[C-](c4ccccc4C)C=C3)C[C@@H](CCc3cc/c(=C4\C=CC=C[C-]4C)[n+](=C)c3)C2)C=C[C-]1c1ccccc1. The van der Waals surface area contributed by atoms with Gasteiger partial charge in [0.25, 0.3) is 0 Å². The van der Waals surface area contributed by atoms with Crippen LogP contribution in [0.1, 0.15) is 80.5 Å². The van der Waals surface area contributed by atoms with E-state index in [1.54, 1.807) is 0 Å². The zero-order valence-electron chi connectivity index (χ0n) is 31.8. The number of hydrogen-bond donors (Lipinski definition) is 0. The van der Waals surface area contributed by atoms with E-state index in [0.717, 1.165) is 43.1 Å². The fraction of sp³-hybridized carbons (Fsp3) is 0.280. The van der Waals surface area contributed by atoms with Gasteiger partial charge in [0, 0.05) is 5.56 Å². The topological polar surface area (TPSA) is 11.9 Å². The minimum Gasteiger partial charge on any atom is -0.255 e. The summed E-state index contributed by atoms with van der Waals surface area (Å²) in [5.41, 5.74) is 9.12. The molecule has 3 atom stereocenters. The highest BCUT2D eigenvalue weighted by Gasteiger charge is 2.29. The molecule has 0 unspecified atom stereocenters. The van der Waals surface area contributed by atoms with Gasteiger partial charge in [-0.15, -0.1) is 48.4 Å². The first-order chi connectivity index (χ1) is 25.8. The number of hydrogen-bond acceptors (Lipinski definition) is 0. The van der Waals surface area contributed by atoms with Crippen molar-refractivity contribution in [2.45, 2.75) is 71.6 Å². The number of benzene rings is 2. The van der Waals surface area contributed by atoms with Crippen molar-refractivity contribution in [1.29, 1.82) is 0 Å². The zero-order chi connectivity index (χ0) is 36.7. The quantitative estimate of drug-likeness (QED) is 0.140. The third-order valence-corrected chi connectivity index (χ3v) is 11.7. The Labute approximate surface area is 318 Å². The van der Waals surface area contributed by atoms with Crippen molar-refractivity contribution in [3.63, 3.8) is 0 Å². The van der Waals surface area contributed by atoms with Crippen molar-refractivity contribution < 1.29 is 13.4 Å². The van der Waals surface area contributed by atoms with Gasteiger partial charge in [-0.25, -0.2) is 4.24 Å². The van der Waals surface area contributed by atoms with E-state index in [1.807, 2.05) is 0 Å². The molecule has 1 fully saturated rings. The Morgan fingerprint density at radius 3 is 1.85 bits per heavy atom. The first-order valence-corrected chi connectivity index (χ1v) is 19.5. The lowest BCUT2D eigenvalue weighted by Gasteiger charge is -2.36. The number of pyridine rings is 1. The molecule has 0 amide bonds. The van der Waals surface area contributed by atoms with E-state index in [-0.39, 0.29) is 0 Å². The molecule has 0 N–H and O–H groups in total. The van der Waals surface area contributed by atoms with Crippen molar-refractivity contribution in [2.24, 2.45) is 17.8 Å². The lowest BCUT2D eigenvalue weighted by atomic mass is 9.70. The van der Waals surface area contributed by atoms with Crippen LogP contribution in [0.3, 0.4) is 0 Å². The Morgan fingerprint density at radius 2 is 1.25 bits per heavy atom. The molecule has 2 aliphatic carbocycles. The summed E-state index contributed by atoms with van der Waals surface area (Å²) in [6.07, 6.45) is 35.4. The van der Waals surface area contributed by atoms with Crippen molar-refractivity contribution in [3.05, 3.63) is 197 Å². The summed E-state index contributed by atoms with van der Waals surface area (Å²) >= 11 is 0. The third kappa shape index (κ3) is 8.86. The van der Waals surface area contributed by atoms with Crippen LogP contribution in [-0.2, 0) is 6.42 Å². The van der Waals surface area contributed by atoms with Crippen LogP contribution >= 0.6 is 0 Å². The van der Waals surface area contributed by atoms with Gasteiger partial charge in [0.2, 0.25) is 0 Å². The fourth-order valence-corrected chi connectivity index (χ4v) is 8.83. The molecule has 53 heavy (non-hydrogen) atoms. The van der Waals surface area contributed by atoms with Crippen LogP contribution < -0.4 is 9.59 Å². The van der Waals surface area contributed by atoms with Gasteiger partial charge in [-0.2, -0.15) is 0 Å². The molecule has 0 saturated heterocycles. The highest BCUT2D eigenvalue weighted by atomic mass is 15.0. The van der Waals surface area contributed by atoms with Crippen molar-refractivity contribution in [2.75, 3.05) is 0 Å². The van der Waals surface area contributed by atoms with Crippen molar-refractivity contribution >= 4 is 19.0 Å². The van der Waals surface area contributed by atoms with E-state index in [0.29, 0.717) is 0 Å². The number of aromatic nitrogens is 1. The monoisotopic (exact) mass is 697 g/mol. The standard InChI is InChI=1S/C50H55N3/c1-37-13-9-11-17-46(37)49-29-26-40(35-52(49)4)20-23-43-31-42(22-19-39-25-28-48(51(3)34-39)45-15-7-6-8-16-45)32-44(33-43)24-21-41-27-30-50(53(5)36-41)47-18-12-10-14-38(47)2/h6-18,25-30,34-36,42-44H,3-5,19-24,31-33H2,1-2H3/b49-46-/t42-,43+,44-/m1/s1. The first-order valence-electron chi connectivity index (χ1n) is 19.5. The normalized spacial score (nSPS) is 22.4. The molecule has 270 valence electrons. The fourth-order valence-electron chi connectivity index (χ4n) is 8.83. The van der Waals surface area contributed by atoms with Gasteiger partial charge in [0.05, 0.1) is 13.4 Å². The molecule has 3 heteroatoms. The van der Waals surface area contributed by atoms with Crippen LogP contribution in [0.2, 0.25) is 0 Å². The number of allylic oxidation sites excluding steroid dienone is 8. The smallest absolute Gasteiger partial charge is 0.168 e. The molecule has 0 radical (unpaired) electrons. The minimum absolute atomic E-state index is 0.729. The Kier molecular flexibility index (Phi) is 11.3. The molecule has 4 aliphatic rings. The van der Waals surface area contributed by atoms with Crippen LogP contribution in [0.5, 0.6) is 0 Å². The van der Waals surface area contributed by atoms with Gasteiger partial charge in [-0.3, -0.25) is 9.15 Å². The highest BCUT2D eigenvalue weighted by Crippen LogP contribution is 2.41. The molecule has 3 heterocycles. The number of aryl methyl sites for hydroxylation is 2. The Balaban J connectivity index is 1.01. The van der Waals surface area contributed by atoms with Gasteiger partial charge in [0.1, 0.15) is 36.6 Å². The molecule has 1 saturated carbocycles. The predicted octanol–water partition coefficient (Wildman–Crippen LogP) is 9.81. The average Bonchev–Trinajstić information content (AvgIpc) is 3.17. The van der Waals surface area contributed by atoms with Gasteiger partial charge < -0.3 is 0 Å². The van der Waals surface area contributed by atoms with E-state index in [2.05, 4.69) is 181 Å². The summed E-state index contributed by atoms with van der Waals surface area (Å²) < 4.78 is 6.19. The third-order valence-electron chi connectivity index (χ3n) is 11.7. The summed E-state index contributed by atoms with van der Waals surface area (Å²) in [7, 11) is 0. The molecule has 0 bridgehead atoms. The molecular formula is C50H55N3. The maximum absolute atomic E-state index is 4.39. The van der Waals surface area contributed by atoms with E-state index in [4.69, 9.17) is 0 Å². The van der Waals surface area contributed by atoms with Crippen LogP contribution in [0.25, 0.3) is 5.57 Å². The summed E-state index contributed by atoms with van der Waals surface area (Å²) in [5.74, 6) is 3.47.